The Morgan fingerprint density at radius 2 is 2.33 bits per heavy atom. The molecule has 0 saturated carbocycles. The monoisotopic (exact) mass is 280 g/mol. The van der Waals surface area contributed by atoms with E-state index < -0.39 is 0 Å². The molecule has 2 rings (SSSR count). The zero-order chi connectivity index (χ0) is 13.0. The quantitative estimate of drug-likeness (QED) is 0.935. The van der Waals surface area contributed by atoms with E-state index in [9.17, 15) is 4.79 Å². The van der Waals surface area contributed by atoms with E-state index in [1.807, 2.05) is 31.2 Å². The van der Waals surface area contributed by atoms with Crippen LogP contribution in [0.4, 0.5) is 0 Å². The van der Waals surface area contributed by atoms with Gasteiger partial charge < -0.3 is 5.32 Å². The second kappa shape index (κ2) is 5.98. The molecule has 18 heavy (non-hydrogen) atoms. The van der Waals surface area contributed by atoms with Gasteiger partial charge in [-0.3, -0.25) is 4.79 Å². The fourth-order valence-electron chi connectivity index (χ4n) is 1.57. The van der Waals surface area contributed by atoms with Crippen molar-refractivity contribution in [3.63, 3.8) is 0 Å². The van der Waals surface area contributed by atoms with E-state index in [1.165, 1.54) is 11.3 Å². The Morgan fingerprint density at radius 3 is 3.00 bits per heavy atom. The van der Waals surface area contributed by atoms with Crippen molar-refractivity contribution in [1.29, 1.82) is 0 Å². The first kappa shape index (κ1) is 13.1. The summed E-state index contributed by atoms with van der Waals surface area (Å²) in [6.07, 6.45) is 2.37. The molecule has 0 atom stereocenters. The third-order valence-electron chi connectivity index (χ3n) is 2.43. The van der Waals surface area contributed by atoms with Crippen molar-refractivity contribution in [2.75, 3.05) is 6.54 Å². The lowest BCUT2D eigenvalue weighted by molar-refractivity contribution is 0.0958. The van der Waals surface area contributed by atoms with Gasteiger partial charge in [-0.1, -0.05) is 23.7 Å². The molecule has 0 radical (unpaired) electrons. The highest BCUT2D eigenvalue weighted by Gasteiger charge is 2.07. The number of hydrogen-bond donors (Lipinski definition) is 1. The number of nitrogens with zero attached hydrogens (tertiary/aromatic N) is 1. The Balaban J connectivity index is 1.84. The predicted molar refractivity (Wildman–Crippen MR) is 74.3 cm³/mol. The zero-order valence-electron chi connectivity index (χ0n) is 9.94. The third kappa shape index (κ3) is 3.55. The summed E-state index contributed by atoms with van der Waals surface area (Å²) in [6, 6.07) is 7.65. The minimum Gasteiger partial charge on any atom is -0.351 e. The summed E-state index contributed by atoms with van der Waals surface area (Å²) in [7, 11) is 0. The second-order valence-corrected chi connectivity index (χ2v) is 5.55. The summed E-state index contributed by atoms with van der Waals surface area (Å²) in [5.41, 5.74) is 1.11. The minimum atomic E-state index is -0.0670. The Bertz CT molecular complexity index is 553. The van der Waals surface area contributed by atoms with Gasteiger partial charge in [-0.2, -0.15) is 0 Å². The fraction of sp³-hybridized carbons (Fsp3) is 0.231. The van der Waals surface area contributed by atoms with E-state index in [4.69, 9.17) is 11.6 Å². The van der Waals surface area contributed by atoms with Crippen molar-refractivity contribution >= 4 is 28.8 Å². The molecule has 1 amide bonds. The maximum absolute atomic E-state index is 11.7. The number of thiazole rings is 1. The molecule has 0 aliphatic heterocycles. The third-order valence-corrected chi connectivity index (χ3v) is 3.58. The van der Waals surface area contributed by atoms with Crippen molar-refractivity contribution in [1.82, 2.24) is 10.3 Å². The van der Waals surface area contributed by atoms with Gasteiger partial charge in [0.05, 0.1) is 11.2 Å². The van der Waals surface area contributed by atoms with Gasteiger partial charge in [-0.25, -0.2) is 4.98 Å². The SMILES string of the molecule is Cc1ncc(C(=O)NCCc2cccc(Cl)c2)s1. The highest BCUT2D eigenvalue weighted by atomic mass is 35.5. The van der Waals surface area contributed by atoms with E-state index >= 15 is 0 Å². The maximum atomic E-state index is 11.7. The number of hydrogen-bond acceptors (Lipinski definition) is 3. The molecule has 94 valence electrons. The number of amides is 1. The first-order chi connectivity index (χ1) is 8.65. The number of rotatable bonds is 4. The molecular weight excluding hydrogens is 268 g/mol. The number of carbonyl (C=O) groups is 1. The average molecular weight is 281 g/mol. The molecule has 0 spiro atoms. The molecule has 5 heteroatoms. The van der Waals surface area contributed by atoms with Gasteiger partial charge in [0.2, 0.25) is 0 Å². The lowest BCUT2D eigenvalue weighted by Crippen LogP contribution is -2.24. The highest BCUT2D eigenvalue weighted by molar-refractivity contribution is 7.13. The molecule has 0 saturated heterocycles. The molecule has 2 aromatic rings. The molecule has 0 bridgehead atoms. The summed E-state index contributed by atoms with van der Waals surface area (Å²) in [5, 5.41) is 4.49. The Hall–Kier alpha value is -1.39. The molecule has 0 aliphatic rings. The Morgan fingerprint density at radius 1 is 1.50 bits per heavy atom. The summed E-state index contributed by atoms with van der Waals surface area (Å²) < 4.78 is 0. The number of aromatic nitrogens is 1. The van der Waals surface area contributed by atoms with Gasteiger partial charge in [-0.05, 0) is 31.0 Å². The van der Waals surface area contributed by atoms with Crippen LogP contribution >= 0.6 is 22.9 Å². The van der Waals surface area contributed by atoms with Crippen molar-refractivity contribution in [2.45, 2.75) is 13.3 Å². The molecule has 1 aromatic heterocycles. The fourth-order valence-corrected chi connectivity index (χ4v) is 2.47. The minimum absolute atomic E-state index is 0.0670. The molecule has 1 N–H and O–H groups in total. The number of halogens is 1. The van der Waals surface area contributed by atoms with Gasteiger partial charge >= 0.3 is 0 Å². The van der Waals surface area contributed by atoms with Gasteiger partial charge in [-0.15, -0.1) is 11.3 Å². The van der Waals surface area contributed by atoms with Crippen LogP contribution in [-0.2, 0) is 6.42 Å². The van der Waals surface area contributed by atoms with Crippen LogP contribution in [0, 0.1) is 6.92 Å². The van der Waals surface area contributed by atoms with Gasteiger partial charge in [0.25, 0.3) is 5.91 Å². The normalized spacial score (nSPS) is 10.3. The highest BCUT2D eigenvalue weighted by Crippen LogP contribution is 2.12. The first-order valence-corrected chi connectivity index (χ1v) is 6.79. The van der Waals surface area contributed by atoms with Crippen LogP contribution < -0.4 is 5.32 Å². The van der Waals surface area contributed by atoms with E-state index in [1.54, 1.807) is 6.20 Å². The average Bonchev–Trinajstić information content (AvgIpc) is 2.76. The molecule has 3 nitrogen and oxygen atoms in total. The van der Waals surface area contributed by atoms with Crippen molar-refractivity contribution in [3.8, 4) is 0 Å². The lowest BCUT2D eigenvalue weighted by atomic mass is 10.1. The zero-order valence-corrected chi connectivity index (χ0v) is 11.5. The van der Waals surface area contributed by atoms with Crippen molar-refractivity contribution < 1.29 is 4.79 Å². The van der Waals surface area contributed by atoms with E-state index in [0.29, 0.717) is 11.4 Å². The Kier molecular flexibility index (Phi) is 4.33. The summed E-state index contributed by atoms with van der Waals surface area (Å²) in [4.78, 5) is 16.5. The van der Waals surface area contributed by atoms with Gasteiger partial charge in [0, 0.05) is 11.6 Å². The van der Waals surface area contributed by atoms with Crippen molar-refractivity contribution in [3.05, 3.63) is 50.9 Å². The maximum Gasteiger partial charge on any atom is 0.263 e. The predicted octanol–water partition coefficient (Wildman–Crippen LogP) is 3.08. The van der Waals surface area contributed by atoms with Gasteiger partial charge in [0.15, 0.2) is 0 Å². The topological polar surface area (TPSA) is 42.0 Å². The first-order valence-electron chi connectivity index (χ1n) is 5.60. The largest absolute Gasteiger partial charge is 0.351 e. The molecule has 0 aliphatic carbocycles. The van der Waals surface area contributed by atoms with Crippen molar-refractivity contribution in [2.24, 2.45) is 0 Å². The number of aryl methyl sites for hydroxylation is 1. The molecular formula is C13H13ClN2OS. The van der Waals surface area contributed by atoms with Crippen LogP contribution in [0.2, 0.25) is 5.02 Å². The molecule has 1 aromatic carbocycles. The van der Waals surface area contributed by atoms with Crippen LogP contribution in [0.1, 0.15) is 20.2 Å². The van der Waals surface area contributed by atoms with Crippen LogP contribution in [0.3, 0.4) is 0 Å². The van der Waals surface area contributed by atoms with Crippen LogP contribution in [0.25, 0.3) is 0 Å². The standard InChI is InChI=1S/C13H13ClN2OS/c1-9-16-8-12(18-9)13(17)15-6-5-10-3-2-4-11(14)7-10/h2-4,7-8H,5-6H2,1H3,(H,15,17). The second-order valence-electron chi connectivity index (χ2n) is 3.88. The molecule has 0 fully saturated rings. The van der Waals surface area contributed by atoms with Crippen LogP contribution in [0.5, 0.6) is 0 Å². The van der Waals surface area contributed by atoms with Crippen LogP contribution in [-0.4, -0.2) is 17.4 Å². The van der Waals surface area contributed by atoms with E-state index in [0.717, 1.165) is 22.0 Å². The summed E-state index contributed by atoms with van der Waals surface area (Å²) in [5.74, 6) is -0.0670. The summed E-state index contributed by atoms with van der Waals surface area (Å²) in [6.45, 7) is 2.48. The number of nitrogens with one attached hydrogen (secondary N) is 1. The Labute approximate surface area is 115 Å². The van der Waals surface area contributed by atoms with E-state index in [2.05, 4.69) is 10.3 Å². The number of benzene rings is 1. The molecule has 1 heterocycles. The van der Waals surface area contributed by atoms with Gasteiger partial charge in [0.1, 0.15) is 4.88 Å². The number of carbonyl (C=O) groups excluding carboxylic acids is 1. The smallest absolute Gasteiger partial charge is 0.263 e. The van der Waals surface area contributed by atoms with E-state index in [-0.39, 0.29) is 5.91 Å². The molecule has 0 unspecified atom stereocenters. The summed E-state index contributed by atoms with van der Waals surface area (Å²) >= 11 is 7.29. The van der Waals surface area contributed by atoms with Crippen LogP contribution in [0.15, 0.2) is 30.5 Å². The lowest BCUT2D eigenvalue weighted by Gasteiger charge is -2.04.